The first-order valence-electron chi connectivity index (χ1n) is 6.61. The van der Waals surface area contributed by atoms with E-state index in [2.05, 4.69) is 15.6 Å². The Labute approximate surface area is 118 Å². The molecule has 0 bridgehead atoms. The Morgan fingerprint density at radius 2 is 2.20 bits per heavy atom. The zero-order valence-electron chi connectivity index (χ0n) is 12.0. The molecule has 110 valence electrons. The molecule has 0 aliphatic carbocycles. The van der Waals surface area contributed by atoms with Gasteiger partial charge in [-0.1, -0.05) is 19.4 Å². The number of carbonyl (C=O) groups excluding carboxylic acids is 1. The van der Waals surface area contributed by atoms with Crippen LogP contribution < -0.4 is 10.6 Å². The maximum absolute atomic E-state index is 11.9. The van der Waals surface area contributed by atoms with Gasteiger partial charge in [-0.25, -0.2) is 9.59 Å². The van der Waals surface area contributed by atoms with E-state index >= 15 is 0 Å². The van der Waals surface area contributed by atoms with Gasteiger partial charge in [0.1, 0.15) is 5.54 Å². The molecule has 1 aromatic rings. The summed E-state index contributed by atoms with van der Waals surface area (Å²) >= 11 is 0. The molecule has 2 unspecified atom stereocenters. The molecular weight excluding hydrogens is 258 g/mol. The predicted octanol–water partition coefficient (Wildman–Crippen LogP) is 2.09. The Morgan fingerprint density at radius 1 is 1.50 bits per heavy atom. The van der Waals surface area contributed by atoms with E-state index in [1.165, 1.54) is 6.92 Å². The van der Waals surface area contributed by atoms with Gasteiger partial charge in [-0.2, -0.15) is 0 Å². The maximum atomic E-state index is 11.9. The van der Waals surface area contributed by atoms with Crippen LogP contribution in [0.5, 0.6) is 0 Å². The highest BCUT2D eigenvalue weighted by Crippen LogP contribution is 2.14. The van der Waals surface area contributed by atoms with E-state index < -0.39 is 17.5 Å². The normalized spacial score (nSPS) is 14.9. The summed E-state index contributed by atoms with van der Waals surface area (Å²) in [5.74, 6) is -1.04. The zero-order chi connectivity index (χ0) is 15.2. The molecule has 0 aromatic carbocycles. The number of hydrogen-bond acceptors (Lipinski definition) is 3. The minimum atomic E-state index is -1.26. The number of rotatable bonds is 6. The fourth-order valence-electron chi connectivity index (χ4n) is 1.92. The van der Waals surface area contributed by atoms with Crippen molar-refractivity contribution in [3.05, 3.63) is 30.1 Å². The van der Waals surface area contributed by atoms with Crippen molar-refractivity contribution in [1.82, 2.24) is 15.6 Å². The van der Waals surface area contributed by atoms with Crippen molar-refractivity contribution in [1.29, 1.82) is 0 Å². The first-order chi connectivity index (χ1) is 9.39. The van der Waals surface area contributed by atoms with Gasteiger partial charge < -0.3 is 15.7 Å². The predicted molar refractivity (Wildman–Crippen MR) is 75.3 cm³/mol. The van der Waals surface area contributed by atoms with E-state index in [0.29, 0.717) is 12.8 Å². The van der Waals surface area contributed by atoms with Crippen LogP contribution in [0.1, 0.15) is 45.2 Å². The number of pyridine rings is 1. The summed E-state index contributed by atoms with van der Waals surface area (Å²) in [6.07, 6.45) is 4.35. The first-order valence-corrected chi connectivity index (χ1v) is 6.61. The first kappa shape index (κ1) is 15.9. The molecular formula is C14H21N3O3. The molecule has 0 radical (unpaired) electrons. The zero-order valence-corrected chi connectivity index (χ0v) is 12.0. The van der Waals surface area contributed by atoms with Crippen molar-refractivity contribution >= 4 is 12.0 Å². The molecule has 0 fully saturated rings. The Hall–Kier alpha value is -2.11. The number of hydrogen-bond donors (Lipinski definition) is 3. The molecule has 6 nitrogen and oxygen atoms in total. The van der Waals surface area contributed by atoms with Crippen molar-refractivity contribution in [3.8, 4) is 0 Å². The third-order valence-corrected chi connectivity index (χ3v) is 3.14. The van der Waals surface area contributed by atoms with Gasteiger partial charge in [0.05, 0.1) is 6.04 Å². The third kappa shape index (κ3) is 4.22. The molecule has 2 atom stereocenters. The summed E-state index contributed by atoms with van der Waals surface area (Å²) < 4.78 is 0. The summed E-state index contributed by atoms with van der Waals surface area (Å²) in [5, 5.41) is 14.4. The largest absolute Gasteiger partial charge is 0.480 e. The highest BCUT2D eigenvalue weighted by Gasteiger charge is 2.34. The Kier molecular flexibility index (Phi) is 5.49. The van der Waals surface area contributed by atoms with Crippen LogP contribution in [0.3, 0.4) is 0 Å². The molecule has 1 heterocycles. The molecule has 0 saturated heterocycles. The van der Waals surface area contributed by atoms with Gasteiger partial charge in [-0.3, -0.25) is 4.98 Å². The van der Waals surface area contributed by atoms with Gasteiger partial charge in [0.2, 0.25) is 0 Å². The number of urea groups is 1. The lowest BCUT2D eigenvalue weighted by atomic mass is 9.96. The lowest BCUT2D eigenvalue weighted by Crippen LogP contribution is -2.55. The number of carboxylic acid groups (broad SMARTS) is 1. The van der Waals surface area contributed by atoms with Gasteiger partial charge in [0, 0.05) is 12.4 Å². The van der Waals surface area contributed by atoms with Crippen LogP contribution in [0, 0.1) is 0 Å². The molecule has 1 rings (SSSR count). The molecule has 6 heteroatoms. The number of carboxylic acids is 1. The lowest BCUT2D eigenvalue weighted by molar-refractivity contribution is -0.144. The van der Waals surface area contributed by atoms with Gasteiger partial charge in [-0.05, 0) is 31.9 Å². The molecule has 3 N–H and O–H groups in total. The van der Waals surface area contributed by atoms with Crippen molar-refractivity contribution < 1.29 is 14.7 Å². The average molecular weight is 279 g/mol. The van der Waals surface area contributed by atoms with Crippen LogP contribution in [0.25, 0.3) is 0 Å². The fraction of sp³-hybridized carbons (Fsp3) is 0.500. The van der Waals surface area contributed by atoms with Crippen molar-refractivity contribution in [3.63, 3.8) is 0 Å². The number of aromatic nitrogens is 1. The second-order valence-electron chi connectivity index (χ2n) is 4.99. The van der Waals surface area contributed by atoms with Gasteiger partial charge >= 0.3 is 12.0 Å². The molecule has 2 amide bonds. The van der Waals surface area contributed by atoms with Crippen LogP contribution in [0.4, 0.5) is 4.79 Å². The van der Waals surface area contributed by atoms with E-state index in [-0.39, 0.29) is 6.04 Å². The summed E-state index contributed by atoms with van der Waals surface area (Å²) in [5.41, 5.74) is -0.400. The number of nitrogens with one attached hydrogen (secondary N) is 2. The van der Waals surface area contributed by atoms with Gasteiger partial charge in [-0.15, -0.1) is 0 Å². The maximum Gasteiger partial charge on any atom is 0.329 e. The molecule has 0 saturated carbocycles. The number of aliphatic carboxylic acids is 1. The Bertz CT molecular complexity index is 464. The topological polar surface area (TPSA) is 91.3 Å². The molecule has 20 heavy (non-hydrogen) atoms. The van der Waals surface area contributed by atoms with Gasteiger partial charge in [0.25, 0.3) is 0 Å². The SMILES string of the molecule is CCCC(C)(NC(=O)NC(C)c1cccnc1)C(=O)O. The van der Waals surface area contributed by atoms with Crippen LogP contribution in [-0.2, 0) is 4.79 Å². The second kappa shape index (κ2) is 6.88. The van der Waals surface area contributed by atoms with Crippen LogP contribution >= 0.6 is 0 Å². The molecule has 0 spiro atoms. The lowest BCUT2D eigenvalue weighted by Gasteiger charge is -2.27. The van der Waals surface area contributed by atoms with Crippen LogP contribution in [-0.4, -0.2) is 27.6 Å². The summed E-state index contributed by atoms with van der Waals surface area (Å²) in [7, 11) is 0. The van der Waals surface area contributed by atoms with E-state index in [9.17, 15) is 14.7 Å². The highest BCUT2D eigenvalue weighted by atomic mass is 16.4. The number of amides is 2. The van der Waals surface area contributed by atoms with Crippen molar-refractivity contribution in [2.75, 3.05) is 0 Å². The van der Waals surface area contributed by atoms with Crippen molar-refractivity contribution in [2.24, 2.45) is 0 Å². The standard InChI is InChI=1S/C14H21N3O3/c1-4-7-14(3,12(18)19)17-13(20)16-10(2)11-6-5-8-15-9-11/h5-6,8-10H,4,7H2,1-3H3,(H,18,19)(H2,16,17,20). The highest BCUT2D eigenvalue weighted by molar-refractivity contribution is 5.85. The van der Waals surface area contributed by atoms with Crippen LogP contribution in [0.15, 0.2) is 24.5 Å². The fourth-order valence-corrected chi connectivity index (χ4v) is 1.92. The van der Waals surface area contributed by atoms with E-state index in [1.807, 2.05) is 19.9 Å². The number of nitrogens with zero attached hydrogens (tertiary/aromatic N) is 1. The smallest absolute Gasteiger partial charge is 0.329 e. The van der Waals surface area contributed by atoms with E-state index in [0.717, 1.165) is 5.56 Å². The molecule has 0 aliphatic heterocycles. The Morgan fingerprint density at radius 3 is 2.70 bits per heavy atom. The minimum absolute atomic E-state index is 0.247. The molecule has 1 aromatic heterocycles. The summed E-state index contributed by atoms with van der Waals surface area (Å²) in [4.78, 5) is 27.1. The van der Waals surface area contributed by atoms with E-state index in [1.54, 1.807) is 18.5 Å². The number of carbonyl (C=O) groups is 2. The minimum Gasteiger partial charge on any atom is -0.480 e. The van der Waals surface area contributed by atoms with Gasteiger partial charge in [0.15, 0.2) is 0 Å². The summed E-state index contributed by atoms with van der Waals surface area (Å²) in [6, 6.07) is 2.88. The summed E-state index contributed by atoms with van der Waals surface area (Å²) in [6.45, 7) is 5.20. The molecule has 0 aliphatic rings. The third-order valence-electron chi connectivity index (χ3n) is 3.14. The van der Waals surface area contributed by atoms with Crippen molar-refractivity contribution in [2.45, 2.75) is 45.2 Å². The second-order valence-corrected chi connectivity index (χ2v) is 4.99. The quantitative estimate of drug-likeness (QED) is 0.743. The average Bonchev–Trinajstić information content (AvgIpc) is 2.39. The monoisotopic (exact) mass is 279 g/mol. The van der Waals surface area contributed by atoms with Crippen LogP contribution in [0.2, 0.25) is 0 Å². The Balaban J connectivity index is 2.65. The van der Waals surface area contributed by atoms with E-state index in [4.69, 9.17) is 0 Å².